The summed E-state index contributed by atoms with van der Waals surface area (Å²) in [5, 5.41) is 2.05. The highest BCUT2D eigenvalue weighted by molar-refractivity contribution is 7.04. The number of allylic oxidation sites excluding steroid dienone is 4. The van der Waals surface area contributed by atoms with Gasteiger partial charge in [-0.25, -0.2) is 0 Å². The maximum Gasteiger partial charge on any atom is 0.170 e. The molecule has 26 heavy (non-hydrogen) atoms. The fraction of sp³-hybridized carbons (Fsp3) is 0.350. The molecule has 2 rings (SSSR count). The minimum absolute atomic E-state index is 0.609. The van der Waals surface area contributed by atoms with E-state index >= 15 is 0 Å². The van der Waals surface area contributed by atoms with Gasteiger partial charge in [0.15, 0.2) is 11.5 Å². The van der Waals surface area contributed by atoms with E-state index in [1.54, 1.807) is 34.5 Å². The number of nitrogens with zero attached hydrogens (tertiary/aromatic N) is 1. The average molecular weight is 375 g/mol. The number of rotatable bonds is 8. The first-order valence-corrected chi connectivity index (χ1v) is 9.09. The zero-order valence-electron chi connectivity index (χ0n) is 16.1. The van der Waals surface area contributed by atoms with Gasteiger partial charge in [0.2, 0.25) is 0 Å². The van der Waals surface area contributed by atoms with Crippen LogP contribution in [0.4, 0.5) is 0 Å². The first-order valence-electron chi connectivity index (χ1n) is 8.26. The molecule has 2 aromatic rings. The van der Waals surface area contributed by atoms with Crippen LogP contribution in [-0.4, -0.2) is 32.8 Å². The monoisotopic (exact) mass is 375 g/mol. The van der Waals surface area contributed by atoms with E-state index in [9.17, 15) is 0 Å². The average Bonchev–Trinajstić information content (AvgIpc) is 3.16. The third kappa shape index (κ3) is 4.19. The van der Waals surface area contributed by atoms with Gasteiger partial charge in [-0.15, -0.1) is 0 Å². The summed E-state index contributed by atoms with van der Waals surface area (Å²) in [6.45, 7) is 4.04. The molecule has 5 nitrogen and oxygen atoms in total. The Morgan fingerprint density at radius 1 is 1.08 bits per heavy atom. The lowest BCUT2D eigenvalue weighted by Crippen LogP contribution is -1.97. The first-order chi connectivity index (χ1) is 12.6. The lowest BCUT2D eigenvalue weighted by atomic mass is 9.98. The Balaban J connectivity index is 2.64. The van der Waals surface area contributed by atoms with Crippen LogP contribution in [0.1, 0.15) is 25.8 Å². The Morgan fingerprint density at radius 2 is 1.85 bits per heavy atom. The van der Waals surface area contributed by atoms with Gasteiger partial charge in [-0.05, 0) is 42.6 Å². The molecule has 0 bridgehead atoms. The molecule has 1 aromatic heterocycles. The van der Waals surface area contributed by atoms with Crippen LogP contribution in [0.5, 0.6) is 17.2 Å². The van der Waals surface area contributed by atoms with Crippen molar-refractivity contribution in [2.45, 2.75) is 20.3 Å². The van der Waals surface area contributed by atoms with E-state index in [-0.39, 0.29) is 0 Å². The van der Waals surface area contributed by atoms with Crippen LogP contribution >= 0.6 is 11.5 Å². The summed E-state index contributed by atoms with van der Waals surface area (Å²) < 4.78 is 26.3. The molecule has 1 heterocycles. The molecule has 0 aliphatic heterocycles. The van der Waals surface area contributed by atoms with Gasteiger partial charge in [0, 0.05) is 17.0 Å². The summed E-state index contributed by atoms with van der Waals surface area (Å²) in [7, 11) is 6.53. The maximum absolute atomic E-state index is 5.61. The molecule has 140 valence electrons. The molecular weight excluding hydrogens is 350 g/mol. The summed E-state index contributed by atoms with van der Waals surface area (Å²) in [5.74, 6) is 2.78. The summed E-state index contributed by atoms with van der Waals surface area (Å²) in [5.41, 5.74) is 3.91. The van der Waals surface area contributed by atoms with Crippen molar-refractivity contribution in [3.05, 3.63) is 41.0 Å². The molecule has 0 unspecified atom stereocenters. The van der Waals surface area contributed by atoms with Crippen molar-refractivity contribution in [3.8, 4) is 28.5 Å². The minimum Gasteiger partial charge on any atom is -0.501 e. The normalized spacial score (nSPS) is 12.1. The smallest absolute Gasteiger partial charge is 0.170 e. The second-order valence-electron chi connectivity index (χ2n) is 5.51. The van der Waals surface area contributed by atoms with Crippen molar-refractivity contribution in [1.82, 2.24) is 4.37 Å². The van der Waals surface area contributed by atoms with Crippen LogP contribution in [0.2, 0.25) is 0 Å². The van der Waals surface area contributed by atoms with E-state index < -0.39 is 0 Å². The molecule has 1 aromatic carbocycles. The Kier molecular flexibility index (Phi) is 7.09. The molecule has 0 N–H and O–H groups in total. The van der Waals surface area contributed by atoms with Crippen LogP contribution in [-0.2, 0) is 4.74 Å². The van der Waals surface area contributed by atoms with E-state index in [0.29, 0.717) is 17.2 Å². The van der Waals surface area contributed by atoms with Gasteiger partial charge in [-0.2, -0.15) is 4.37 Å². The fourth-order valence-corrected chi connectivity index (χ4v) is 3.30. The van der Waals surface area contributed by atoms with Crippen molar-refractivity contribution in [2.24, 2.45) is 0 Å². The second kappa shape index (κ2) is 9.29. The molecule has 6 heteroatoms. The number of ether oxygens (including phenoxy) is 4. The van der Waals surface area contributed by atoms with Gasteiger partial charge in [-0.1, -0.05) is 13.0 Å². The third-order valence-electron chi connectivity index (χ3n) is 4.08. The van der Waals surface area contributed by atoms with E-state index in [4.69, 9.17) is 18.9 Å². The summed E-state index contributed by atoms with van der Waals surface area (Å²) >= 11 is 1.41. The van der Waals surface area contributed by atoms with E-state index in [1.807, 2.05) is 24.4 Å². The molecule has 0 saturated heterocycles. The summed E-state index contributed by atoms with van der Waals surface area (Å²) in [6, 6.07) is 3.72. The standard InChI is InChI=1S/C20H25NO4S/c1-7-14(9-8-13(2)22-3)17-12-26-21-19(17)16-10-15(23-4)11-18(24-5)20(16)25-6/h8-12H,7H2,1-6H3/b13-8+,14-9+. The predicted molar refractivity (Wildman–Crippen MR) is 106 cm³/mol. The maximum atomic E-state index is 5.61. The van der Waals surface area contributed by atoms with Crippen LogP contribution in [0, 0.1) is 0 Å². The zero-order chi connectivity index (χ0) is 19.1. The van der Waals surface area contributed by atoms with Crippen molar-refractivity contribution in [3.63, 3.8) is 0 Å². The van der Waals surface area contributed by atoms with Gasteiger partial charge in [0.05, 0.1) is 45.5 Å². The molecule has 0 fully saturated rings. The van der Waals surface area contributed by atoms with Gasteiger partial charge in [-0.3, -0.25) is 0 Å². The van der Waals surface area contributed by atoms with Crippen molar-refractivity contribution >= 4 is 17.1 Å². The van der Waals surface area contributed by atoms with Gasteiger partial charge in [0.25, 0.3) is 0 Å². The SMILES string of the molecule is CC/C(=C\C=C(/C)OC)c1csnc1-c1cc(OC)cc(OC)c1OC. The third-order valence-corrected chi connectivity index (χ3v) is 4.71. The lowest BCUT2D eigenvalue weighted by Gasteiger charge is -2.15. The molecule has 0 aliphatic rings. The molecule has 0 spiro atoms. The van der Waals surface area contributed by atoms with Crippen LogP contribution in [0.25, 0.3) is 16.8 Å². The summed E-state index contributed by atoms with van der Waals surface area (Å²) in [6.07, 6.45) is 4.89. The van der Waals surface area contributed by atoms with Gasteiger partial charge < -0.3 is 18.9 Å². The molecule has 0 atom stereocenters. The highest BCUT2D eigenvalue weighted by Gasteiger charge is 2.20. The van der Waals surface area contributed by atoms with Crippen LogP contribution < -0.4 is 14.2 Å². The Labute approximate surface area is 159 Å². The summed E-state index contributed by atoms with van der Waals surface area (Å²) in [4.78, 5) is 0. The highest BCUT2D eigenvalue weighted by atomic mass is 32.1. The number of hydrogen-bond acceptors (Lipinski definition) is 6. The molecule has 0 saturated carbocycles. The second-order valence-corrected chi connectivity index (χ2v) is 6.14. The number of methoxy groups -OCH3 is 4. The van der Waals surface area contributed by atoms with Crippen molar-refractivity contribution < 1.29 is 18.9 Å². The zero-order valence-corrected chi connectivity index (χ0v) is 16.9. The molecule has 0 amide bonds. The molecule has 0 aliphatic carbocycles. The van der Waals surface area contributed by atoms with Crippen molar-refractivity contribution in [1.29, 1.82) is 0 Å². The molecule has 0 radical (unpaired) electrons. The largest absolute Gasteiger partial charge is 0.501 e. The predicted octanol–water partition coefficient (Wildman–Crippen LogP) is 5.18. The van der Waals surface area contributed by atoms with E-state index in [2.05, 4.69) is 17.4 Å². The van der Waals surface area contributed by atoms with Crippen molar-refractivity contribution in [2.75, 3.05) is 28.4 Å². The fourth-order valence-electron chi connectivity index (χ4n) is 2.58. The van der Waals surface area contributed by atoms with Crippen LogP contribution in [0.15, 0.2) is 35.4 Å². The van der Waals surface area contributed by atoms with Gasteiger partial charge in [0.1, 0.15) is 5.75 Å². The Morgan fingerprint density at radius 3 is 2.42 bits per heavy atom. The Hall–Kier alpha value is -2.47. The molecular formula is C20H25NO4S. The quantitative estimate of drug-likeness (QED) is 0.470. The number of aromatic nitrogens is 1. The topological polar surface area (TPSA) is 49.8 Å². The minimum atomic E-state index is 0.609. The lowest BCUT2D eigenvalue weighted by molar-refractivity contribution is 0.294. The Bertz CT molecular complexity index is 808. The highest BCUT2D eigenvalue weighted by Crippen LogP contribution is 2.44. The number of benzene rings is 1. The number of hydrogen-bond donors (Lipinski definition) is 0. The first kappa shape index (κ1) is 19.8. The van der Waals surface area contributed by atoms with E-state index in [1.165, 1.54) is 11.5 Å². The van der Waals surface area contributed by atoms with E-state index in [0.717, 1.165) is 34.6 Å². The van der Waals surface area contributed by atoms with Crippen LogP contribution in [0.3, 0.4) is 0 Å². The van der Waals surface area contributed by atoms with Gasteiger partial charge >= 0.3 is 0 Å².